The second kappa shape index (κ2) is 13.6. The highest BCUT2D eigenvalue weighted by Gasteiger charge is 2.32. The number of aryl methyl sites for hydroxylation is 1. The van der Waals surface area contributed by atoms with Crippen LogP contribution in [0.15, 0.2) is 64.9 Å². The predicted molar refractivity (Wildman–Crippen MR) is 166 cm³/mol. The molecule has 4 rings (SSSR count). The van der Waals surface area contributed by atoms with Gasteiger partial charge in [-0.3, -0.25) is 4.79 Å². The Bertz CT molecular complexity index is 1560. The van der Waals surface area contributed by atoms with Gasteiger partial charge in [-0.1, -0.05) is 6.07 Å². The highest BCUT2D eigenvalue weighted by molar-refractivity contribution is 14.1. The standard InChI is InChI=1S/C30H32IN5O6/c1-6-41-29(38)27-18(3)33-30(39)34-28(27)20-7-12-24(25(14-20)40-5)42-16-26(37)35-32-15-21-13-17(2)36(19(21)4)23-10-8-22(31)9-11-23/h7-15,28H,6,16H2,1-5H3,(H,35,37)(H2,33,34,39)/b32-15+/t28-/m0/s1. The number of allylic oxidation sites excluding steroid dienone is 1. The van der Waals surface area contributed by atoms with Crippen LogP contribution in [0.4, 0.5) is 4.79 Å². The number of esters is 1. The van der Waals surface area contributed by atoms with E-state index in [2.05, 4.69) is 72.6 Å². The Morgan fingerprint density at radius 2 is 1.83 bits per heavy atom. The summed E-state index contributed by atoms with van der Waals surface area (Å²) in [4.78, 5) is 37.2. The van der Waals surface area contributed by atoms with Gasteiger partial charge in [0.2, 0.25) is 0 Å². The lowest BCUT2D eigenvalue weighted by atomic mass is 9.95. The molecule has 3 aromatic rings. The number of hydrogen-bond donors (Lipinski definition) is 3. The Morgan fingerprint density at radius 3 is 2.52 bits per heavy atom. The lowest BCUT2D eigenvalue weighted by molar-refractivity contribution is -0.139. The lowest BCUT2D eigenvalue weighted by Gasteiger charge is -2.28. The molecule has 0 saturated heterocycles. The van der Waals surface area contributed by atoms with Crippen molar-refractivity contribution in [3.05, 3.63) is 85.9 Å². The molecule has 0 saturated carbocycles. The highest BCUT2D eigenvalue weighted by Crippen LogP contribution is 2.34. The molecule has 3 amide bonds. The van der Waals surface area contributed by atoms with Crippen molar-refractivity contribution in [1.29, 1.82) is 0 Å². The highest BCUT2D eigenvalue weighted by atomic mass is 127. The molecule has 1 aliphatic rings. The third-order valence-electron chi connectivity index (χ3n) is 6.59. The topological polar surface area (TPSA) is 132 Å². The summed E-state index contributed by atoms with van der Waals surface area (Å²) < 4.78 is 19.6. The van der Waals surface area contributed by atoms with E-state index in [1.807, 2.05) is 19.9 Å². The minimum atomic E-state index is -0.758. The predicted octanol–water partition coefficient (Wildman–Crippen LogP) is 4.43. The van der Waals surface area contributed by atoms with E-state index in [0.29, 0.717) is 22.8 Å². The molecule has 0 fully saturated rings. The van der Waals surface area contributed by atoms with E-state index >= 15 is 0 Å². The maximum atomic E-state index is 12.6. The zero-order valence-corrected chi connectivity index (χ0v) is 26.1. The molecular formula is C30H32IN5O6. The van der Waals surface area contributed by atoms with Gasteiger partial charge in [0.15, 0.2) is 18.1 Å². The van der Waals surface area contributed by atoms with Crippen LogP contribution in [0.3, 0.4) is 0 Å². The molecule has 1 atom stereocenters. The van der Waals surface area contributed by atoms with Crippen LogP contribution in [0.25, 0.3) is 5.69 Å². The summed E-state index contributed by atoms with van der Waals surface area (Å²) in [5, 5.41) is 9.45. The zero-order valence-electron chi connectivity index (χ0n) is 23.9. The molecule has 0 spiro atoms. The average molecular weight is 686 g/mol. The Labute approximate surface area is 257 Å². The summed E-state index contributed by atoms with van der Waals surface area (Å²) >= 11 is 2.27. The van der Waals surface area contributed by atoms with Gasteiger partial charge in [-0.15, -0.1) is 0 Å². The van der Waals surface area contributed by atoms with E-state index in [0.717, 1.165) is 26.2 Å². The number of amides is 3. The normalized spacial score (nSPS) is 14.8. The van der Waals surface area contributed by atoms with Gasteiger partial charge in [-0.05, 0) is 98.3 Å². The van der Waals surface area contributed by atoms with Crippen molar-refractivity contribution < 1.29 is 28.6 Å². The first-order chi connectivity index (χ1) is 20.1. The van der Waals surface area contributed by atoms with E-state index in [4.69, 9.17) is 14.2 Å². The van der Waals surface area contributed by atoms with Crippen LogP contribution < -0.4 is 25.5 Å². The Hall–Kier alpha value is -4.33. The molecule has 0 bridgehead atoms. The van der Waals surface area contributed by atoms with E-state index in [9.17, 15) is 14.4 Å². The van der Waals surface area contributed by atoms with E-state index in [1.54, 1.807) is 38.3 Å². The third kappa shape index (κ3) is 6.93. The van der Waals surface area contributed by atoms with Crippen LogP contribution in [0, 0.1) is 17.4 Å². The SMILES string of the molecule is CCOC(=O)C1=C(C)NC(=O)N[C@H]1c1ccc(OCC(=O)N/N=C/c2cc(C)n(-c3ccc(I)cc3)c2C)c(OC)c1. The maximum absolute atomic E-state index is 12.6. The molecule has 2 heterocycles. The number of carbonyl (C=O) groups is 3. The molecule has 42 heavy (non-hydrogen) atoms. The average Bonchev–Trinajstić information content (AvgIpc) is 3.24. The Kier molecular flexibility index (Phi) is 9.88. The minimum Gasteiger partial charge on any atom is -0.493 e. The van der Waals surface area contributed by atoms with Gasteiger partial charge in [0.05, 0.1) is 31.5 Å². The van der Waals surface area contributed by atoms with Crippen LogP contribution in [0.5, 0.6) is 11.5 Å². The second-order valence-electron chi connectivity index (χ2n) is 9.42. The Balaban J connectivity index is 1.41. The maximum Gasteiger partial charge on any atom is 0.338 e. The van der Waals surface area contributed by atoms with Crippen molar-refractivity contribution in [1.82, 2.24) is 20.6 Å². The van der Waals surface area contributed by atoms with Crippen LogP contribution >= 0.6 is 22.6 Å². The van der Waals surface area contributed by atoms with Gasteiger partial charge in [0.1, 0.15) is 0 Å². The fraction of sp³-hybridized carbons (Fsp3) is 0.267. The van der Waals surface area contributed by atoms with Gasteiger partial charge >= 0.3 is 12.0 Å². The van der Waals surface area contributed by atoms with Crippen molar-refractivity contribution in [2.24, 2.45) is 5.10 Å². The number of methoxy groups -OCH3 is 1. The number of carbonyl (C=O) groups excluding carboxylic acids is 3. The number of aromatic nitrogens is 1. The number of rotatable bonds is 10. The minimum absolute atomic E-state index is 0.192. The molecular weight excluding hydrogens is 653 g/mol. The zero-order chi connectivity index (χ0) is 30.4. The summed E-state index contributed by atoms with van der Waals surface area (Å²) in [6, 6.07) is 13.9. The molecule has 1 aliphatic heterocycles. The summed E-state index contributed by atoms with van der Waals surface area (Å²) in [7, 11) is 1.46. The fourth-order valence-electron chi connectivity index (χ4n) is 4.66. The van der Waals surface area contributed by atoms with E-state index in [1.165, 1.54) is 7.11 Å². The molecule has 0 unspecified atom stereocenters. The third-order valence-corrected chi connectivity index (χ3v) is 7.31. The summed E-state index contributed by atoms with van der Waals surface area (Å²) in [6.07, 6.45) is 1.60. The summed E-state index contributed by atoms with van der Waals surface area (Å²) in [5.41, 5.74) is 7.71. The molecule has 1 aromatic heterocycles. The van der Waals surface area contributed by atoms with Crippen LogP contribution in [0.1, 0.15) is 42.4 Å². The molecule has 3 N–H and O–H groups in total. The number of halogens is 1. The fourth-order valence-corrected chi connectivity index (χ4v) is 5.02. The summed E-state index contributed by atoms with van der Waals surface area (Å²) in [6.45, 7) is 7.23. The lowest BCUT2D eigenvalue weighted by Crippen LogP contribution is -2.45. The van der Waals surface area contributed by atoms with E-state index in [-0.39, 0.29) is 18.8 Å². The van der Waals surface area contributed by atoms with Crippen molar-refractivity contribution in [2.75, 3.05) is 20.3 Å². The quantitative estimate of drug-likeness (QED) is 0.125. The number of hydrazone groups is 1. The largest absolute Gasteiger partial charge is 0.493 e. The monoisotopic (exact) mass is 685 g/mol. The molecule has 0 radical (unpaired) electrons. The van der Waals surface area contributed by atoms with Gasteiger partial charge in [-0.25, -0.2) is 15.0 Å². The number of benzene rings is 2. The smallest absolute Gasteiger partial charge is 0.338 e. The molecule has 11 nitrogen and oxygen atoms in total. The number of hydrogen-bond acceptors (Lipinski definition) is 7. The molecule has 0 aliphatic carbocycles. The van der Waals surface area contributed by atoms with Crippen LogP contribution in [-0.4, -0.2) is 49.0 Å². The van der Waals surface area contributed by atoms with Crippen molar-refractivity contribution in [3.8, 4) is 17.2 Å². The summed E-state index contributed by atoms with van der Waals surface area (Å²) in [5.74, 6) is -0.376. The van der Waals surface area contributed by atoms with Crippen molar-refractivity contribution in [3.63, 3.8) is 0 Å². The number of nitrogens with one attached hydrogen (secondary N) is 3. The van der Waals surface area contributed by atoms with Crippen LogP contribution in [-0.2, 0) is 14.3 Å². The first-order valence-corrected chi connectivity index (χ1v) is 14.2. The Morgan fingerprint density at radius 1 is 1.10 bits per heavy atom. The van der Waals surface area contributed by atoms with Crippen molar-refractivity contribution in [2.45, 2.75) is 33.7 Å². The number of urea groups is 1. The first kappa shape index (κ1) is 30.6. The molecule has 12 heteroatoms. The van der Waals surface area contributed by atoms with Crippen LogP contribution in [0.2, 0.25) is 0 Å². The van der Waals surface area contributed by atoms with Crippen molar-refractivity contribution >= 4 is 46.7 Å². The second-order valence-corrected chi connectivity index (χ2v) is 10.7. The molecule has 2 aromatic carbocycles. The number of nitrogens with zero attached hydrogens (tertiary/aromatic N) is 2. The van der Waals surface area contributed by atoms with Gasteiger partial charge in [0.25, 0.3) is 5.91 Å². The van der Waals surface area contributed by atoms with E-state index < -0.39 is 23.9 Å². The van der Waals surface area contributed by atoms with Gasteiger partial charge in [0, 0.05) is 31.9 Å². The molecule has 220 valence electrons. The van der Waals surface area contributed by atoms with Gasteiger partial charge < -0.3 is 29.4 Å². The number of ether oxygens (including phenoxy) is 3. The van der Waals surface area contributed by atoms with Gasteiger partial charge in [-0.2, -0.15) is 5.10 Å². The first-order valence-electron chi connectivity index (χ1n) is 13.2.